The predicted octanol–water partition coefficient (Wildman–Crippen LogP) is 3.36. The number of amides is 1. The van der Waals surface area contributed by atoms with Crippen LogP contribution in [0.5, 0.6) is 0 Å². The van der Waals surface area contributed by atoms with E-state index in [1.165, 1.54) is 12.8 Å². The monoisotopic (exact) mass is 406 g/mol. The predicted molar refractivity (Wildman–Crippen MR) is 91.4 cm³/mol. The van der Waals surface area contributed by atoms with Gasteiger partial charge in [-0.3, -0.25) is 4.79 Å². The van der Waals surface area contributed by atoms with Gasteiger partial charge in [0.05, 0.1) is 5.02 Å². The van der Waals surface area contributed by atoms with Crippen molar-refractivity contribution in [3.8, 4) is 0 Å². The molecule has 1 aliphatic heterocycles. The Morgan fingerprint density at radius 2 is 2.10 bits per heavy atom. The first-order valence-electron chi connectivity index (χ1n) is 6.86. The lowest BCUT2D eigenvalue weighted by atomic mass is 9.96. The molecule has 3 nitrogen and oxygen atoms in total. The smallest absolute Gasteiger partial charge is 0.253 e. The summed E-state index contributed by atoms with van der Waals surface area (Å²) in [7, 11) is 4.03. The number of likely N-dealkylation sites (tertiary alicyclic amines) is 1. The van der Waals surface area contributed by atoms with Crippen molar-refractivity contribution in [2.24, 2.45) is 5.92 Å². The van der Waals surface area contributed by atoms with Crippen LogP contribution in [0.1, 0.15) is 23.2 Å². The molecule has 5 heteroatoms. The molecule has 0 N–H and O–H groups in total. The molecule has 0 atom stereocenters. The average Bonchev–Trinajstić information content (AvgIpc) is 2.43. The maximum Gasteiger partial charge on any atom is 0.253 e. The molecule has 20 heavy (non-hydrogen) atoms. The van der Waals surface area contributed by atoms with Crippen molar-refractivity contribution < 1.29 is 4.79 Å². The first kappa shape index (κ1) is 16.0. The van der Waals surface area contributed by atoms with Crippen molar-refractivity contribution in [1.29, 1.82) is 0 Å². The van der Waals surface area contributed by atoms with Gasteiger partial charge in [-0.05, 0) is 79.7 Å². The molecule has 0 unspecified atom stereocenters. The van der Waals surface area contributed by atoms with Crippen molar-refractivity contribution in [3.63, 3.8) is 0 Å². The normalized spacial score (nSPS) is 17.2. The molecule has 0 saturated carbocycles. The minimum Gasteiger partial charge on any atom is -0.341 e. The first-order chi connectivity index (χ1) is 9.47. The number of hydrogen-bond acceptors (Lipinski definition) is 2. The topological polar surface area (TPSA) is 23.6 Å². The molecule has 0 aromatic heterocycles. The number of hydrogen-bond donors (Lipinski definition) is 0. The van der Waals surface area contributed by atoms with E-state index in [1.807, 2.05) is 24.1 Å². The summed E-state index contributed by atoms with van der Waals surface area (Å²) in [5.74, 6) is 0.668. The van der Waals surface area contributed by atoms with E-state index in [0.29, 0.717) is 16.5 Å². The van der Waals surface area contributed by atoms with Gasteiger partial charge in [0.15, 0.2) is 0 Å². The van der Waals surface area contributed by atoms with E-state index in [-0.39, 0.29) is 5.91 Å². The van der Waals surface area contributed by atoms with Crippen molar-refractivity contribution in [1.82, 2.24) is 9.80 Å². The Balaban J connectivity index is 1.96. The fraction of sp³-hybridized carbons (Fsp3) is 0.533. The van der Waals surface area contributed by atoms with Gasteiger partial charge in [0, 0.05) is 22.7 Å². The summed E-state index contributed by atoms with van der Waals surface area (Å²) in [6.07, 6.45) is 2.34. The molecule has 1 heterocycles. The summed E-state index contributed by atoms with van der Waals surface area (Å²) >= 11 is 8.25. The molecule has 0 aliphatic carbocycles. The third-order valence-corrected chi connectivity index (χ3v) is 5.46. The highest BCUT2D eigenvalue weighted by atomic mass is 127. The summed E-state index contributed by atoms with van der Waals surface area (Å²) in [5, 5.41) is 0.643. The number of carbonyl (C=O) groups is 1. The van der Waals surface area contributed by atoms with E-state index in [1.54, 1.807) is 6.07 Å². The molecule has 1 aromatic rings. The first-order valence-corrected chi connectivity index (χ1v) is 8.32. The van der Waals surface area contributed by atoms with Crippen LogP contribution in [0.15, 0.2) is 18.2 Å². The summed E-state index contributed by atoms with van der Waals surface area (Å²) in [5.41, 5.74) is 0.672. The summed E-state index contributed by atoms with van der Waals surface area (Å²) in [4.78, 5) is 16.6. The van der Waals surface area contributed by atoms with Gasteiger partial charge >= 0.3 is 0 Å². The van der Waals surface area contributed by atoms with Crippen molar-refractivity contribution in [3.05, 3.63) is 32.4 Å². The Labute approximate surface area is 139 Å². The number of nitrogens with zero attached hydrogens (tertiary/aromatic N) is 2. The fourth-order valence-electron chi connectivity index (χ4n) is 2.56. The van der Waals surface area contributed by atoms with Crippen LogP contribution in [0.4, 0.5) is 0 Å². The van der Waals surface area contributed by atoms with Gasteiger partial charge in [-0.15, -0.1) is 0 Å². The lowest BCUT2D eigenvalue weighted by Crippen LogP contribution is -2.37. The molecule has 0 spiro atoms. The van der Waals surface area contributed by atoms with E-state index in [9.17, 15) is 4.79 Å². The van der Waals surface area contributed by atoms with Crippen LogP contribution in [0, 0.1) is 9.49 Å². The zero-order valence-electron chi connectivity index (χ0n) is 11.9. The lowest BCUT2D eigenvalue weighted by molar-refractivity contribution is 0.0747. The maximum absolute atomic E-state index is 12.4. The Morgan fingerprint density at radius 3 is 2.70 bits per heavy atom. The fourth-order valence-corrected chi connectivity index (χ4v) is 3.08. The maximum atomic E-state index is 12.4. The standard InChI is InChI=1S/C15H20ClIN2O/c1-18-7-5-11(6-8-18)10-19(2)15(20)12-3-4-14(17)13(16)9-12/h3-4,9,11H,5-8,10H2,1-2H3. The summed E-state index contributed by atoms with van der Waals surface area (Å²) < 4.78 is 0.971. The van der Waals surface area contributed by atoms with Gasteiger partial charge in [0.25, 0.3) is 5.91 Å². The lowest BCUT2D eigenvalue weighted by Gasteiger charge is -2.31. The molecule has 1 saturated heterocycles. The second kappa shape index (κ2) is 7.09. The van der Waals surface area contributed by atoms with Gasteiger partial charge in [-0.1, -0.05) is 11.6 Å². The molecule has 2 rings (SSSR count). The van der Waals surface area contributed by atoms with Gasteiger partial charge in [-0.2, -0.15) is 0 Å². The zero-order valence-corrected chi connectivity index (χ0v) is 14.8. The summed E-state index contributed by atoms with van der Waals surface area (Å²) in [6.45, 7) is 3.08. The van der Waals surface area contributed by atoms with Gasteiger partial charge in [0.2, 0.25) is 0 Å². The third-order valence-electron chi connectivity index (χ3n) is 3.88. The Bertz CT molecular complexity index is 487. The van der Waals surface area contributed by atoms with E-state index >= 15 is 0 Å². The number of rotatable bonds is 3. The van der Waals surface area contributed by atoms with Crippen LogP contribution in [0.25, 0.3) is 0 Å². The highest BCUT2D eigenvalue weighted by Gasteiger charge is 2.21. The molecule has 1 amide bonds. The van der Waals surface area contributed by atoms with E-state index in [2.05, 4.69) is 34.5 Å². The Morgan fingerprint density at radius 1 is 1.45 bits per heavy atom. The van der Waals surface area contributed by atoms with Gasteiger partial charge < -0.3 is 9.80 Å². The minimum absolute atomic E-state index is 0.0576. The zero-order chi connectivity index (χ0) is 14.7. The molecule has 1 aromatic carbocycles. The van der Waals surface area contributed by atoms with Crippen LogP contribution in [-0.4, -0.2) is 49.4 Å². The second-order valence-corrected chi connectivity index (χ2v) is 7.13. The number of piperidine rings is 1. The Hall–Kier alpha value is -0.330. The Kier molecular flexibility index (Phi) is 5.69. The quantitative estimate of drug-likeness (QED) is 0.719. The van der Waals surface area contributed by atoms with Gasteiger partial charge in [0.1, 0.15) is 0 Å². The molecular formula is C15H20ClIN2O. The van der Waals surface area contributed by atoms with Crippen LogP contribution >= 0.6 is 34.2 Å². The van der Waals surface area contributed by atoms with Crippen LogP contribution in [0.2, 0.25) is 5.02 Å². The molecule has 110 valence electrons. The van der Waals surface area contributed by atoms with E-state index in [4.69, 9.17) is 11.6 Å². The number of halogens is 2. The van der Waals surface area contributed by atoms with Crippen molar-refractivity contribution in [2.45, 2.75) is 12.8 Å². The van der Waals surface area contributed by atoms with Crippen LogP contribution in [-0.2, 0) is 0 Å². The van der Waals surface area contributed by atoms with E-state index < -0.39 is 0 Å². The SMILES string of the molecule is CN1CCC(CN(C)C(=O)c2ccc(I)c(Cl)c2)CC1. The summed E-state index contributed by atoms with van der Waals surface area (Å²) in [6, 6.07) is 5.50. The van der Waals surface area contributed by atoms with Crippen LogP contribution < -0.4 is 0 Å². The molecular weight excluding hydrogens is 387 g/mol. The van der Waals surface area contributed by atoms with E-state index in [0.717, 1.165) is 23.2 Å². The van der Waals surface area contributed by atoms with Crippen molar-refractivity contribution >= 4 is 40.1 Å². The molecule has 1 fully saturated rings. The third kappa shape index (κ3) is 4.09. The minimum atomic E-state index is 0.0576. The molecule has 0 bridgehead atoms. The second-order valence-electron chi connectivity index (χ2n) is 5.56. The highest BCUT2D eigenvalue weighted by Crippen LogP contribution is 2.21. The molecule has 1 aliphatic rings. The molecule has 0 radical (unpaired) electrons. The number of benzene rings is 1. The number of carbonyl (C=O) groups excluding carboxylic acids is 1. The average molecular weight is 407 g/mol. The van der Waals surface area contributed by atoms with Crippen LogP contribution in [0.3, 0.4) is 0 Å². The largest absolute Gasteiger partial charge is 0.341 e. The highest BCUT2D eigenvalue weighted by molar-refractivity contribution is 14.1. The van der Waals surface area contributed by atoms with Gasteiger partial charge in [-0.25, -0.2) is 0 Å². The van der Waals surface area contributed by atoms with Crippen molar-refractivity contribution in [2.75, 3.05) is 33.7 Å².